The molecule has 0 spiro atoms. The van der Waals surface area contributed by atoms with Gasteiger partial charge in [0, 0.05) is 5.92 Å². The van der Waals surface area contributed by atoms with Crippen LogP contribution in [0.15, 0.2) is 24.3 Å². The molecule has 6 heteroatoms. The molecule has 1 fully saturated rings. The molecule has 1 aromatic rings. The molecule has 0 bridgehead atoms. The standard InChI is InChI=1S/C16H20FNO4/c1-15(2,3)22-14(20)18-16(13(19)21-4)9-12(16)10-5-7-11(17)8-6-10/h5-8,12H,9H2,1-4H3,(H,18,20)/t12-,16+/m0/s1. The van der Waals surface area contributed by atoms with Gasteiger partial charge < -0.3 is 14.8 Å². The van der Waals surface area contributed by atoms with E-state index in [1.54, 1.807) is 32.9 Å². The average molecular weight is 309 g/mol. The first-order chi connectivity index (χ1) is 10.2. The van der Waals surface area contributed by atoms with Crippen LogP contribution in [0.5, 0.6) is 0 Å². The lowest BCUT2D eigenvalue weighted by molar-refractivity contribution is -0.144. The molecule has 2 atom stereocenters. The second-order valence-corrected chi connectivity index (χ2v) is 6.40. The highest BCUT2D eigenvalue weighted by Gasteiger charge is 2.63. The monoisotopic (exact) mass is 309 g/mol. The maximum Gasteiger partial charge on any atom is 0.408 e. The minimum Gasteiger partial charge on any atom is -0.467 e. The molecule has 1 aliphatic carbocycles. The van der Waals surface area contributed by atoms with Crippen molar-refractivity contribution in [3.63, 3.8) is 0 Å². The number of alkyl carbamates (subject to hydrolysis) is 1. The molecule has 22 heavy (non-hydrogen) atoms. The van der Waals surface area contributed by atoms with Gasteiger partial charge in [0.05, 0.1) is 7.11 Å². The molecule has 2 rings (SSSR count). The van der Waals surface area contributed by atoms with Gasteiger partial charge in [-0.1, -0.05) is 12.1 Å². The van der Waals surface area contributed by atoms with E-state index in [9.17, 15) is 14.0 Å². The summed E-state index contributed by atoms with van der Waals surface area (Å²) in [6.07, 6.45) is -0.285. The molecular weight excluding hydrogens is 289 g/mol. The molecule has 1 amide bonds. The van der Waals surface area contributed by atoms with E-state index >= 15 is 0 Å². The minimum atomic E-state index is -1.14. The van der Waals surface area contributed by atoms with Gasteiger partial charge in [0.15, 0.2) is 0 Å². The van der Waals surface area contributed by atoms with E-state index in [4.69, 9.17) is 9.47 Å². The topological polar surface area (TPSA) is 64.6 Å². The fraction of sp³-hybridized carbons (Fsp3) is 0.500. The third-order valence-corrected chi connectivity index (χ3v) is 3.51. The Labute approximate surface area is 128 Å². The maximum absolute atomic E-state index is 13.0. The molecule has 1 aromatic carbocycles. The number of carbonyl (C=O) groups excluding carboxylic acids is 2. The summed E-state index contributed by atoms with van der Waals surface area (Å²) in [6, 6.07) is 5.84. The Balaban J connectivity index is 2.16. The Bertz CT molecular complexity index is 579. The van der Waals surface area contributed by atoms with Gasteiger partial charge in [-0.2, -0.15) is 0 Å². The van der Waals surface area contributed by atoms with E-state index < -0.39 is 23.2 Å². The zero-order chi connectivity index (χ0) is 16.5. The molecule has 0 radical (unpaired) electrons. The number of amides is 1. The zero-order valence-electron chi connectivity index (χ0n) is 13.1. The molecule has 120 valence electrons. The number of ether oxygens (including phenoxy) is 2. The summed E-state index contributed by atoms with van der Waals surface area (Å²) in [6.45, 7) is 5.21. The quantitative estimate of drug-likeness (QED) is 0.872. The molecule has 0 aromatic heterocycles. The Kier molecular flexibility index (Phi) is 4.13. The highest BCUT2D eigenvalue weighted by atomic mass is 19.1. The first kappa shape index (κ1) is 16.3. The largest absolute Gasteiger partial charge is 0.467 e. The van der Waals surface area contributed by atoms with Crippen LogP contribution in [-0.4, -0.2) is 30.3 Å². The number of rotatable bonds is 3. The van der Waals surface area contributed by atoms with Gasteiger partial charge in [0.2, 0.25) is 0 Å². The zero-order valence-corrected chi connectivity index (χ0v) is 13.1. The van der Waals surface area contributed by atoms with Crippen molar-refractivity contribution in [3.8, 4) is 0 Å². The van der Waals surface area contributed by atoms with Gasteiger partial charge in [-0.3, -0.25) is 0 Å². The van der Waals surface area contributed by atoms with E-state index in [2.05, 4.69) is 5.32 Å². The van der Waals surface area contributed by atoms with Crippen LogP contribution in [0.25, 0.3) is 0 Å². The first-order valence-corrected chi connectivity index (χ1v) is 7.03. The maximum atomic E-state index is 13.0. The molecule has 0 heterocycles. The smallest absolute Gasteiger partial charge is 0.408 e. The summed E-state index contributed by atoms with van der Waals surface area (Å²) >= 11 is 0. The molecule has 0 unspecified atom stereocenters. The number of benzene rings is 1. The van der Waals surface area contributed by atoms with E-state index in [0.717, 1.165) is 5.56 Å². The fourth-order valence-corrected chi connectivity index (χ4v) is 2.44. The van der Waals surface area contributed by atoms with Crippen LogP contribution in [0.1, 0.15) is 38.7 Å². The number of halogens is 1. The third-order valence-electron chi connectivity index (χ3n) is 3.51. The van der Waals surface area contributed by atoms with Gasteiger partial charge in [-0.15, -0.1) is 0 Å². The first-order valence-electron chi connectivity index (χ1n) is 7.03. The number of hydrogen-bond acceptors (Lipinski definition) is 4. The number of esters is 1. The highest BCUT2D eigenvalue weighted by molar-refractivity contribution is 5.91. The summed E-state index contributed by atoms with van der Waals surface area (Å²) in [5.74, 6) is -1.14. The molecular formula is C16H20FNO4. The van der Waals surface area contributed by atoms with Gasteiger partial charge in [0.1, 0.15) is 17.0 Å². The van der Waals surface area contributed by atoms with Crippen molar-refractivity contribution < 1.29 is 23.5 Å². The molecule has 0 aliphatic heterocycles. The average Bonchev–Trinajstić information content (AvgIpc) is 3.11. The Morgan fingerprint density at radius 2 is 1.86 bits per heavy atom. The van der Waals surface area contributed by atoms with Gasteiger partial charge >= 0.3 is 12.1 Å². The summed E-state index contributed by atoms with van der Waals surface area (Å²) in [5.41, 5.74) is -1.04. The summed E-state index contributed by atoms with van der Waals surface area (Å²) in [5, 5.41) is 2.61. The Morgan fingerprint density at radius 1 is 1.27 bits per heavy atom. The van der Waals surface area contributed by atoms with Crippen LogP contribution >= 0.6 is 0 Å². The number of carbonyl (C=O) groups is 2. The van der Waals surface area contributed by atoms with Gasteiger partial charge in [-0.25, -0.2) is 14.0 Å². The highest BCUT2D eigenvalue weighted by Crippen LogP contribution is 2.52. The van der Waals surface area contributed by atoms with Crippen molar-refractivity contribution in [1.29, 1.82) is 0 Å². The SMILES string of the molecule is COC(=O)[C@@]1(NC(=O)OC(C)(C)C)C[C@H]1c1ccc(F)cc1. The van der Waals surface area contributed by atoms with Crippen LogP contribution in [0.4, 0.5) is 9.18 Å². The molecule has 0 saturated heterocycles. The van der Waals surface area contributed by atoms with Crippen LogP contribution in [0.2, 0.25) is 0 Å². The number of nitrogens with one attached hydrogen (secondary N) is 1. The third kappa shape index (κ3) is 3.37. The predicted octanol–water partition coefficient (Wildman–Crippen LogP) is 2.75. The van der Waals surface area contributed by atoms with Crippen molar-refractivity contribution in [1.82, 2.24) is 5.32 Å². The van der Waals surface area contributed by atoms with Crippen molar-refractivity contribution in [2.45, 2.75) is 44.2 Å². The summed E-state index contributed by atoms with van der Waals surface area (Å²) in [7, 11) is 1.26. The lowest BCUT2D eigenvalue weighted by Gasteiger charge is -2.23. The summed E-state index contributed by atoms with van der Waals surface area (Å²) < 4.78 is 23.0. The van der Waals surface area contributed by atoms with Gasteiger partial charge in [-0.05, 0) is 44.9 Å². The van der Waals surface area contributed by atoms with Crippen LogP contribution in [-0.2, 0) is 14.3 Å². The van der Waals surface area contributed by atoms with Crippen molar-refractivity contribution in [2.75, 3.05) is 7.11 Å². The van der Waals surface area contributed by atoms with E-state index in [1.165, 1.54) is 19.2 Å². The van der Waals surface area contributed by atoms with Crippen LogP contribution in [0.3, 0.4) is 0 Å². The van der Waals surface area contributed by atoms with Crippen LogP contribution in [0, 0.1) is 5.82 Å². The Hall–Kier alpha value is -2.11. The van der Waals surface area contributed by atoms with E-state index in [-0.39, 0.29) is 11.7 Å². The number of methoxy groups -OCH3 is 1. The molecule has 1 saturated carbocycles. The van der Waals surface area contributed by atoms with Gasteiger partial charge in [0.25, 0.3) is 0 Å². The second kappa shape index (κ2) is 5.59. The van der Waals surface area contributed by atoms with Crippen molar-refractivity contribution >= 4 is 12.1 Å². The van der Waals surface area contributed by atoms with E-state index in [1.807, 2.05) is 0 Å². The normalized spacial score (nSPS) is 23.6. The Morgan fingerprint density at radius 3 is 2.36 bits per heavy atom. The van der Waals surface area contributed by atoms with Crippen molar-refractivity contribution in [3.05, 3.63) is 35.6 Å². The van der Waals surface area contributed by atoms with Crippen LogP contribution < -0.4 is 5.32 Å². The number of hydrogen-bond donors (Lipinski definition) is 1. The molecule has 1 aliphatic rings. The lowest BCUT2D eigenvalue weighted by Crippen LogP contribution is -2.47. The fourth-order valence-electron chi connectivity index (χ4n) is 2.44. The lowest BCUT2D eigenvalue weighted by atomic mass is 10.1. The van der Waals surface area contributed by atoms with E-state index in [0.29, 0.717) is 6.42 Å². The summed E-state index contributed by atoms with van der Waals surface area (Å²) in [4.78, 5) is 24.0. The molecule has 1 N–H and O–H groups in total. The molecule has 5 nitrogen and oxygen atoms in total. The van der Waals surface area contributed by atoms with Crippen molar-refractivity contribution in [2.24, 2.45) is 0 Å². The predicted molar refractivity (Wildman–Crippen MR) is 77.9 cm³/mol. The minimum absolute atomic E-state index is 0.256. The second-order valence-electron chi connectivity index (χ2n) is 6.40.